The van der Waals surface area contributed by atoms with Gasteiger partial charge in [-0.05, 0) is 0 Å². The number of nitro groups is 1. The molecule has 8 heteroatoms. The first-order valence-electron chi connectivity index (χ1n) is 3.22. The molecular formula is C6H2ClF3N2O2. The maximum atomic E-state index is 12.5. The van der Waals surface area contributed by atoms with Crippen LogP contribution in [0.2, 0.25) is 5.02 Å². The molecule has 0 amide bonds. The number of rotatable bonds is 2. The summed E-state index contributed by atoms with van der Waals surface area (Å²) in [7, 11) is 0. The van der Waals surface area contributed by atoms with Gasteiger partial charge < -0.3 is 0 Å². The molecule has 0 saturated heterocycles. The van der Waals surface area contributed by atoms with Gasteiger partial charge in [-0.25, -0.2) is 13.8 Å². The van der Waals surface area contributed by atoms with Gasteiger partial charge in [0.25, 0.3) is 6.43 Å². The summed E-state index contributed by atoms with van der Waals surface area (Å²) < 4.78 is 36.8. The molecule has 0 atom stereocenters. The molecule has 0 saturated carbocycles. The van der Waals surface area contributed by atoms with E-state index in [0.29, 0.717) is 6.07 Å². The van der Waals surface area contributed by atoms with E-state index < -0.39 is 33.7 Å². The number of nitrogens with zero attached hydrogens (tertiary/aromatic N) is 2. The Hall–Kier alpha value is -1.37. The second kappa shape index (κ2) is 3.79. The Bertz CT molecular complexity index is 386. The molecule has 0 spiro atoms. The third kappa shape index (κ3) is 1.92. The molecule has 4 nitrogen and oxygen atoms in total. The number of halogens is 4. The molecule has 1 heterocycles. The Morgan fingerprint density at radius 2 is 2.14 bits per heavy atom. The van der Waals surface area contributed by atoms with Gasteiger partial charge in [-0.1, -0.05) is 11.6 Å². The van der Waals surface area contributed by atoms with Crippen LogP contribution in [0.4, 0.5) is 18.9 Å². The van der Waals surface area contributed by atoms with E-state index in [0.717, 1.165) is 0 Å². The quantitative estimate of drug-likeness (QED) is 0.443. The lowest BCUT2D eigenvalue weighted by Crippen LogP contribution is -2.02. The van der Waals surface area contributed by atoms with Crippen molar-refractivity contribution < 1.29 is 18.1 Å². The van der Waals surface area contributed by atoms with Gasteiger partial charge in [-0.3, -0.25) is 10.1 Å². The Kier molecular flexibility index (Phi) is 2.90. The smallest absolute Gasteiger partial charge is 0.258 e. The van der Waals surface area contributed by atoms with Gasteiger partial charge in [0.1, 0.15) is 5.02 Å². The zero-order valence-corrected chi connectivity index (χ0v) is 7.13. The Morgan fingerprint density at radius 3 is 2.57 bits per heavy atom. The van der Waals surface area contributed by atoms with Crippen LogP contribution in [0.3, 0.4) is 0 Å². The molecule has 0 N–H and O–H groups in total. The average Bonchev–Trinajstić information content (AvgIpc) is 2.01. The summed E-state index contributed by atoms with van der Waals surface area (Å²) >= 11 is 5.22. The van der Waals surface area contributed by atoms with Crippen molar-refractivity contribution in [3.63, 3.8) is 0 Å². The summed E-state index contributed by atoms with van der Waals surface area (Å²) in [6.07, 6.45) is -3.25. The monoisotopic (exact) mass is 226 g/mol. The highest BCUT2D eigenvalue weighted by molar-refractivity contribution is 6.32. The van der Waals surface area contributed by atoms with Crippen LogP contribution in [0.25, 0.3) is 0 Å². The minimum absolute atomic E-state index is 0.506. The summed E-state index contributed by atoms with van der Waals surface area (Å²) in [5.74, 6) is -1.28. The van der Waals surface area contributed by atoms with E-state index in [1.165, 1.54) is 0 Å². The molecule has 14 heavy (non-hydrogen) atoms. The average molecular weight is 227 g/mol. The standard InChI is InChI=1S/C6H2ClF3N2O2/c7-2-1-3(8)11-4(6(9)10)5(2)12(13)14/h1,6H. The Balaban J connectivity index is 3.44. The fourth-order valence-electron chi connectivity index (χ4n) is 0.828. The van der Waals surface area contributed by atoms with Crippen LogP contribution in [0, 0.1) is 16.1 Å². The maximum absolute atomic E-state index is 12.5. The molecule has 0 unspecified atom stereocenters. The van der Waals surface area contributed by atoms with Crippen molar-refractivity contribution in [2.24, 2.45) is 0 Å². The minimum Gasteiger partial charge on any atom is -0.258 e. The Morgan fingerprint density at radius 1 is 1.57 bits per heavy atom. The van der Waals surface area contributed by atoms with E-state index in [2.05, 4.69) is 4.98 Å². The largest absolute Gasteiger partial charge is 0.315 e. The zero-order valence-electron chi connectivity index (χ0n) is 6.38. The second-order valence-corrected chi connectivity index (χ2v) is 2.63. The van der Waals surface area contributed by atoms with Crippen LogP contribution in [-0.2, 0) is 0 Å². The predicted molar refractivity (Wildman–Crippen MR) is 40.8 cm³/mol. The van der Waals surface area contributed by atoms with Crippen LogP contribution >= 0.6 is 11.6 Å². The molecule has 0 bridgehead atoms. The summed E-state index contributed by atoms with van der Waals surface area (Å²) in [6.45, 7) is 0. The SMILES string of the molecule is O=[N+]([O-])c1c(Cl)cc(F)nc1C(F)F. The summed E-state index contributed by atoms with van der Waals surface area (Å²) in [5, 5.41) is 9.59. The van der Waals surface area contributed by atoms with Crippen molar-refractivity contribution in [3.8, 4) is 0 Å². The molecule has 0 aromatic carbocycles. The zero-order chi connectivity index (χ0) is 10.9. The first kappa shape index (κ1) is 10.7. The van der Waals surface area contributed by atoms with E-state index >= 15 is 0 Å². The van der Waals surface area contributed by atoms with E-state index in [-0.39, 0.29) is 0 Å². The normalized spacial score (nSPS) is 10.6. The molecule has 1 rings (SSSR count). The lowest BCUT2D eigenvalue weighted by Gasteiger charge is -2.01. The van der Waals surface area contributed by atoms with Crippen LogP contribution in [0.5, 0.6) is 0 Å². The van der Waals surface area contributed by atoms with Gasteiger partial charge >= 0.3 is 5.69 Å². The maximum Gasteiger partial charge on any atom is 0.315 e. The molecule has 0 radical (unpaired) electrons. The second-order valence-electron chi connectivity index (χ2n) is 2.22. The summed E-state index contributed by atoms with van der Waals surface area (Å²) in [4.78, 5) is 11.9. The number of pyridine rings is 1. The molecule has 0 fully saturated rings. The molecule has 0 aliphatic rings. The fourth-order valence-corrected chi connectivity index (χ4v) is 1.08. The molecule has 0 aliphatic carbocycles. The highest BCUT2D eigenvalue weighted by Crippen LogP contribution is 2.33. The molecule has 1 aromatic heterocycles. The van der Waals surface area contributed by atoms with Gasteiger partial charge in [-0.15, -0.1) is 0 Å². The van der Waals surface area contributed by atoms with Crippen molar-refractivity contribution >= 4 is 17.3 Å². The summed E-state index contributed by atoms with van der Waals surface area (Å²) in [5.41, 5.74) is -2.33. The molecular weight excluding hydrogens is 225 g/mol. The highest BCUT2D eigenvalue weighted by Gasteiger charge is 2.28. The van der Waals surface area contributed by atoms with Crippen LogP contribution in [0.1, 0.15) is 12.1 Å². The number of aromatic nitrogens is 1. The van der Waals surface area contributed by atoms with E-state index in [4.69, 9.17) is 11.6 Å². The van der Waals surface area contributed by atoms with Crippen LogP contribution in [0.15, 0.2) is 6.07 Å². The van der Waals surface area contributed by atoms with Gasteiger partial charge in [0.2, 0.25) is 5.95 Å². The fraction of sp³-hybridized carbons (Fsp3) is 0.167. The van der Waals surface area contributed by atoms with E-state index in [1.807, 2.05) is 0 Å². The lowest BCUT2D eigenvalue weighted by molar-refractivity contribution is -0.386. The van der Waals surface area contributed by atoms with E-state index in [9.17, 15) is 23.3 Å². The topological polar surface area (TPSA) is 56.0 Å². The van der Waals surface area contributed by atoms with Gasteiger partial charge in [0.05, 0.1) is 4.92 Å². The van der Waals surface area contributed by atoms with E-state index in [1.54, 1.807) is 0 Å². The lowest BCUT2D eigenvalue weighted by atomic mass is 10.3. The third-order valence-electron chi connectivity index (χ3n) is 1.33. The Labute approximate surface area is 80.5 Å². The van der Waals surface area contributed by atoms with Gasteiger partial charge in [0, 0.05) is 6.07 Å². The number of alkyl halides is 2. The van der Waals surface area contributed by atoms with Crippen molar-refractivity contribution in [2.75, 3.05) is 0 Å². The van der Waals surface area contributed by atoms with Crippen molar-refractivity contribution in [2.45, 2.75) is 6.43 Å². The first-order valence-corrected chi connectivity index (χ1v) is 3.59. The number of hydrogen-bond donors (Lipinski definition) is 0. The van der Waals surface area contributed by atoms with Crippen molar-refractivity contribution in [1.29, 1.82) is 0 Å². The molecule has 1 aromatic rings. The van der Waals surface area contributed by atoms with Crippen LogP contribution < -0.4 is 0 Å². The van der Waals surface area contributed by atoms with Crippen molar-refractivity contribution in [3.05, 3.63) is 32.8 Å². The third-order valence-corrected chi connectivity index (χ3v) is 1.62. The van der Waals surface area contributed by atoms with Gasteiger partial charge in [0.15, 0.2) is 5.69 Å². The van der Waals surface area contributed by atoms with Gasteiger partial charge in [-0.2, -0.15) is 4.39 Å². The molecule has 0 aliphatic heterocycles. The van der Waals surface area contributed by atoms with Crippen LogP contribution in [-0.4, -0.2) is 9.91 Å². The predicted octanol–water partition coefficient (Wildman–Crippen LogP) is 2.72. The summed E-state index contributed by atoms with van der Waals surface area (Å²) in [6, 6.07) is 0.506. The number of hydrogen-bond acceptors (Lipinski definition) is 3. The molecule has 76 valence electrons. The minimum atomic E-state index is -3.25. The van der Waals surface area contributed by atoms with Crippen molar-refractivity contribution in [1.82, 2.24) is 4.98 Å². The first-order chi connectivity index (χ1) is 6.43. The highest BCUT2D eigenvalue weighted by atomic mass is 35.5.